The largest absolute Gasteiger partial charge is 0.195 e. The third kappa shape index (κ3) is 5.70. The summed E-state index contributed by atoms with van der Waals surface area (Å²) in [5.74, 6) is 0. The van der Waals surface area contributed by atoms with Crippen molar-refractivity contribution in [1.29, 1.82) is 0 Å². The van der Waals surface area contributed by atoms with Gasteiger partial charge < -0.3 is 0 Å². The zero-order valence-electron chi connectivity index (χ0n) is 15.4. The van der Waals surface area contributed by atoms with Crippen molar-refractivity contribution >= 4 is 22.7 Å². The summed E-state index contributed by atoms with van der Waals surface area (Å²) in [4.78, 5) is 3.79. The Morgan fingerprint density at radius 3 is 2.04 bits per heavy atom. The second kappa shape index (κ2) is 10.4. The van der Waals surface area contributed by atoms with Crippen LogP contribution in [0.2, 0.25) is 0 Å². The van der Waals surface area contributed by atoms with Crippen LogP contribution in [0.5, 0.6) is 0 Å². The van der Waals surface area contributed by atoms with Crippen molar-refractivity contribution in [2.75, 3.05) is 0 Å². The third-order valence-electron chi connectivity index (χ3n) is 4.51. The highest BCUT2D eigenvalue weighted by Crippen LogP contribution is 2.39. The fourth-order valence-corrected chi connectivity index (χ4v) is 5.27. The zero-order valence-corrected chi connectivity index (χ0v) is 17.1. The van der Waals surface area contributed by atoms with E-state index in [1.54, 1.807) is 0 Å². The predicted molar refractivity (Wildman–Crippen MR) is 108 cm³/mol. The standard InChI is InChI=1S/C21H31FS2/c1-4-6-8-10-12-17-14-16(3)23-20(17)19-15-18(21(22)24-19)13-11-9-7-5-2/h14-15H,4-13H2,1-3H3. The predicted octanol–water partition coefficient (Wildman–Crippen LogP) is 8.17. The molecular formula is C21H31FS2. The van der Waals surface area contributed by atoms with Gasteiger partial charge in [0.1, 0.15) is 0 Å². The van der Waals surface area contributed by atoms with Crippen LogP contribution in [0.25, 0.3) is 9.75 Å². The van der Waals surface area contributed by atoms with Crippen molar-refractivity contribution in [3.8, 4) is 9.75 Å². The Balaban J connectivity index is 2.05. The molecule has 0 aliphatic carbocycles. The molecule has 3 heteroatoms. The van der Waals surface area contributed by atoms with E-state index in [-0.39, 0.29) is 5.13 Å². The molecule has 2 heterocycles. The second-order valence-electron chi connectivity index (χ2n) is 6.74. The lowest BCUT2D eigenvalue weighted by molar-refractivity contribution is 0.617. The Kier molecular flexibility index (Phi) is 8.48. The number of hydrogen-bond donors (Lipinski definition) is 0. The maximum atomic E-state index is 14.3. The molecule has 0 radical (unpaired) electrons. The number of hydrogen-bond acceptors (Lipinski definition) is 2. The Bertz CT molecular complexity index is 609. The molecule has 0 aliphatic heterocycles. The number of thiophene rings is 2. The molecule has 2 aromatic heterocycles. The third-order valence-corrected chi connectivity index (χ3v) is 6.75. The molecule has 0 saturated heterocycles. The Morgan fingerprint density at radius 2 is 1.42 bits per heavy atom. The molecule has 0 amide bonds. The number of halogens is 1. The summed E-state index contributed by atoms with van der Waals surface area (Å²) in [6.07, 6.45) is 11.9. The Hall–Kier alpha value is -0.670. The van der Waals surface area contributed by atoms with Gasteiger partial charge in [-0.05, 0) is 55.9 Å². The molecule has 0 spiro atoms. The van der Waals surface area contributed by atoms with Crippen LogP contribution in [0.4, 0.5) is 4.39 Å². The van der Waals surface area contributed by atoms with Gasteiger partial charge in [0, 0.05) is 14.6 Å². The van der Waals surface area contributed by atoms with Crippen LogP contribution in [0.15, 0.2) is 12.1 Å². The van der Waals surface area contributed by atoms with E-state index < -0.39 is 0 Å². The molecule has 0 nitrogen and oxygen atoms in total. The maximum absolute atomic E-state index is 14.3. The minimum Gasteiger partial charge on any atom is -0.195 e. The molecule has 134 valence electrons. The van der Waals surface area contributed by atoms with E-state index in [2.05, 4.69) is 32.9 Å². The first-order valence-corrected chi connectivity index (χ1v) is 11.2. The van der Waals surface area contributed by atoms with Crippen molar-refractivity contribution in [3.05, 3.63) is 33.3 Å². The van der Waals surface area contributed by atoms with E-state index in [0.29, 0.717) is 0 Å². The van der Waals surface area contributed by atoms with Crippen LogP contribution in [0.1, 0.15) is 81.2 Å². The van der Waals surface area contributed by atoms with Crippen LogP contribution in [-0.4, -0.2) is 0 Å². The van der Waals surface area contributed by atoms with E-state index in [1.165, 1.54) is 71.6 Å². The smallest absolute Gasteiger partial charge is 0.180 e. The number of unbranched alkanes of at least 4 members (excludes halogenated alkanes) is 6. The topological polar surface area (TPSA) is 0 Å². The molecule has 0 atom stereocenters. The molecule has 0 unspecified atom stereocenters. The van der Waals surface area contributed by atoms with Crippen LogP contribution in [-0.2, 0) is 12.8 Å². The molecular weight excluding hydrogens is 335 g/mol. The molecule has 0 aromatic carbocycles. The molecule has 0 N–H and O–H groups in total. The van der Waals surface area contributed by atoms with E-state index in [4.69, 9.17) is 0 Å². The fraction of sp³-hybridized carbons (Fsp3) is 0.619. The van der Waals surface area contributed by atoms with Crippen LogP contribution < -0.4 is 0 Å². The summed E-state index contributed by atoms with van der Waals surface area (Å²) >= 11 is 3.18. The van der Waals surface area contributed by atoms with Crippen LogP contribution in [0.3, 0.4) is 0 Å². The summed E-state index contributed by atoms with van der Waals surface area (Å²) in [6.45, 7) is 6.63. The zero-order chi connectivity index (χ0) is 17.4. The van der Waals surface area contributed by atoms with Crippen molar-refractivity contribution in [2.45, 2.75) is 85.0 Å². The molecule has 0 fully saturated rings. The van der Waals surface area contributed by atoms with Gasteiger partial charge in [0.05, 0.1) is 0 Å². The van der Waals surface area contributed by atoms with E-state index in [9.17, 15) is 4.39 Å². The van der Waals surface area contributed by atoms with Gasteiger partial charge in [-0.25, -0.2) is 0 Å². The van der Waals surface area contributed by atoms with E-state index >= 15 is 0 Å². The number of aryl methyl sites for hydroxylation is 3. The Labute approximate surface area is 155 Å². The number of rotatable bonds is 11. The molecule has 0 saturated carbocycles. The van der Waals surface area contributed by atoms with Crippen molar-refractivity contribution < 1.29 is 4.39 Å². The van der Waals surface area contributed by atoms with Crippen molar-refractivity contribution in [3.63, 3.8) is 0 Å². The van der Waals surface area contributed by atoms with Gasteiger partial charge in [-0.3, -0.25) is 0 Å². The van der Waals surface area contributed by atoms with Gasteiger partial charge in [-0.15, -0.1) is 22.7 Å². The monoisotopic (exact) mass is 366 g/mol. The highest BCUT2D eigenvalue weighted by atomic mass is 32.1. The summed E-state index contributed by atoms with van der Waals surface area (Å²) in [7, 11) is 0. The van der Waals surface area contributed by atoms with E-state index in [0.717, 1.165) is 29.7 Å². The SMILES string of the molecule is CCCCCCc1cc(-c2sc(C)cc2CCCCCC)sc1F. The summed E-state index contributed by atoms with van der Waals surface area (Å²) < 4.78 is 14.3. The molecule has 0 aliphatic rings. The molecule has 2 rings (SSSR count). The van der Waals surface area contributed by atoms with Gasteiger partial charge >= 0.3 is 0 Å². The molecule has 0 bridgehead atoms. The molecule has 2 aromatic rings. The Morgan fingerprint density at radius 1 is 0.792 bits per heavy atom. The summed E-state index contributed by atoms with van der Waals surface area (Å²) in [5, 5.41) is 0.0319. The minimum atomic E-state index is 0.0319. The fourth-order valence-electron chi connectivity index (χ4n) is 3.13. The van der Waals surface area contributed by atoms with Gasteiger partial charge in [0.2, 0.25) is 0 Å². The van der Waals surface area contributed by atoms with Crippen LogP contribution in [0, 0.1) is 12.1 Å². The quantitative estimate of drug-likeness (QED) is 0.352. The highest BCUT2D eigenvalue weighted by molar-refractivity contribution is 7.21. The van der Waals surface area contributed by atoms with Gasteiger partial charge in [0.15, 0.2) is 5.13 Å². The first-order valence-electron chi connectivity index (χ1n) is 9.53. The minimum absolute atomic E-state index is 0.0319. The average molecular weight is 367 g/mol. The average Bonchev–Trinajstić information content (AvgIpc) is 3.11. The van der Waals surface area contributed by atoms with E-state index in [1.807, 2.05) is 11.3 Å². The van der Waals surface area contributed by atoms with Gasteiger partial charge in [0.25, 0.3) is 0 Å². The second-order valence-corrected chi connectivity index (χ2v) is 9.00. The normalized spacial score (nSPS) is 11.3. The highest BCUT2D eigenvalue weighted by Gasteiger charge is 2.15. The maximum Gasteiger partial charge on any atom is 0.180 e. The first-order chi connectivity index (χ1) is 11.7. The van der Waals surface area contributed by atoms with Gasteiger partial charge in [-0.1, -0.05) is 52.4 Å². The van der Waals surface area contributed by atoms with Crippen molar-refractivity contribution in [1.82, 2.24) is 0 Å². The first kappa shape index (κ1) is 19.7. The van der Waals surface area contributed by atoms with Crippen LogP contribution >= 0.6 is 22.7 Å². The molecule has 24 heavy (non-hydrogen) atoms. The lowest BCUT2D eigenvalue weighted by Crippen LogP contribution is -1.86. The lowest BCUT2D eigenvalue weighted by atomic mass is 10.1. The van der Waals surface area contributed by atoms with Crippen molar-refractivity contribution in [2.24, 2.45) is 0 Å². The summed E-state index contributed by atoms with van der Waals surface area (Å²) in [6, 6.07) is 4.43. The van der Waals surface area contributed by atoms with Gasteiger partial charge in [-0.2, -0.15) is 4.39 Å². The summed E-state index contributed by atoms with van der Waals surface area (Å²) in [5.41, 5.74) is 2.35. The lowest BCUT2D eigenvalue weighted by Gasteiger charge is -2.02.